The van der Waals surface area contributed by atoms with Crippen LogP contribution in [0.2, 0.25) is 0 Å². The highest BCUT2D eigenvalue weighted by atomic mass is 15.1. The van der Waals surface area contributed by atoms with Crippen LogP contribution < -0.4 is 0 Å². The summed E-state index contributed by atoms with van der Waals surface area (Å²) < 4.78 is 2.37. The zero-order valence-electron chi connectivity index (χ0n) is 29.1. The van der Waals surface area contributed by atoms with Crippen molar-refractivity contribution in [1.82, 2.24) is 14.5 Å². The molecule has 54 heavy (non-hydrogen) atoms. The Morgan fingerprint density at radius 1 is 0.370 bits per heavy atom. The average molecular weight is 684 g/mol. The van der Waals surface area contributed by atoms with Gasteiger partial charge in [0.25, 0.3) is 0 Å². The first kappa shape index (κ1) is 28.5. The monoisotopic (exact) mass is 683 g/mol. The van der Waals surface area contributed by atoms with Crippen LogP contribution in [0.1, 0.15) is 22.3 Å². The summed E-state index contributed by atoms with van der Waals surface area (Å²) in [7, 11) is 0. The summed E-state index contributed by atoms with van der Waals surface area (Å²) >= 11 is 0. The lowest BCUT2D eigenvalue weighted by Gasteiger charge is -2.32. The van der Waals surface area contributed by atoms with Crippen LogP contribution in [0.3, 0.4) is 0 Å². The van der Waals surface area contributed by atoms with Gasteiger partial charge < -0.3 is 0 Å². The van der Waals surface area contributed by atoms with Gasteiger partial charge in [0.2, 0.25) is 0 Å². The molecule has 2 aliphatic rings. The second-order valence-corrected chi connectivity index (χ2v) is 14.8. The van der Waals surface area contributed by atoms with E-state index >= 15 is 0 Å². The summed E-state index contributed by atoms with van der Waals surface area (Å²) in [6.45, 7) is 0. The molecule has 1 spiro atoms. The first-order valence-electron chi connectivity index (χ1n) is 18.7. The molecule has 9 aromatic carbocycles. The topological polar surface area (TPSA) is 30.7 Å². The van der Waals surface area contributed by atoms with E-state index in [0.29, 0.717) is 0 Å². The molecule has 0 atom stereocenters. The van der Waals surface area contributed by atoms with Crippen LogP contribution in [-0.4, -0.2) is 14.5 Å². The molecule has 0 bridgehead atoms. The number of fused-ring (bicyclic) bond motifs is 15. The maximum absolute atomic E-state index is 5.42. The summed E-state index contributed by atoms with van der Waals surface area (Å²) in [4.78, 5) is 10.7. The lowest BCUT2D eigenvalue weighted by molar-refractivity contribution is 0.802. The van der Waals surface area contributed by atoms with E-state index in [-0.39, 0.29) is 0 Å². The molecular weight excluding hydrogens is 655 g/mol. The third-order valence-corrected chi connectivity index (χ3v) is 12.3. The van der Waals surface area contributed by atoms with Crippen molar-refractivity contribution >= 4 is 54.4 Å². The van der Waals surface area contributed by atoms with Gasteiger partial charge in [-0.1, -0.05) is 152 Å². The molecule has 2 aliphatic carbocycles. The fourth-order valence-electron chi connectivity index (χ4n) is 10.4. The van der Waals surface area contributed by atoms with E-state index in [4.69, 9.17) is 9.97 Å². The van der Waals surface area contributed by atoms with Crippen LogP contribution in [0.25, 0.3) is 93.7 Å². The third kappa shape index (κ3) is 3.30. The van der Waals surface area contributed by atoms with E-state index < -0.39 is 5.41 Å². The molecule has 3 heteroatoms. The molecule has 11 aromatic rings. The van der Waals surface area contributed by atoms with Gasteiger partial charge in [-0.15, -0.1) is 0 Å². The molecule has 2 heterocycles. The number of benzene rings is 9. The first-order valence-corrected chi connectivity index (χ1v) is 18.7. The van der Waals surface area contributed by atoms with E-state index in [0.717, 1.165) is 39.1 Å². The van der Waals surface area contributed by atoms with Crippen molar-refractivity contribution in [3.8, 4) is 39.3 Å². The molecular formula is C51H29N3. The van der Waals surface area contributed by atoms with Crippen molar-refractivity contribution in [2.75, 3.05) is 0 Å². The highest BCUT2D eigenvalue weighted by molar-refractivity contribution is 6.36. The maximum atomic E-state index is 5.42. The Morgan fingerprint density at radius 3 is 1.56 bits per heavy atom. The predicted molar refractivity (Wildman–Crippen MR) is 222 cm³/mol. The number of hydrogen-bond donors (Lipinski definition) is 0. The van der Waals surface area contributed by atoms with Gasteiger partial charge in [-0.25, -0.2) is 9.97 Å². The average Bonchev–Trinajstić information content (AvgIpc) is 3.85. The molecule has 13 rings (SSSR count). The fourth-order valence-corrected chi connectivity index (χ4v) is 10.4. The Kier molecular flexibility index (Phi) is 5.31. The normalized spacial score (nSPS) is 13.7. The van der Waals surface area contributed by atoms with Crippen molar-refractivity contribution in [1.29, 1.82) is 0 Å². The Hall–Kier alpha value is -7.10. The minimum absolute atomic E-state index is 0.453. The third-order valence-electron chi connectivity index (χ3n) is 12.3. The molecule has 0 N–H and O–H groups in total. The first-order chi connectivity index (χ1) is 26.8. The van der Waals surface area contributed by atoms with Crippen molar-refractivity contribution in [2.45, 2.75) is 5.41 Å². The Labute approximate surface area is 310 Å². The highest BCUT2D eigenvalue weighted by Gasteiger charge is 2.52. The summed E-state index contributed by atoms with van der Waals surface area (Å²) in [5.41, 5.74) is 16.2. The number of para-hydroxylation sites is 2. The van der Waals surface area contributed by atoms with Crippen LogP contribution in [0.5, 0.6) is 0 Å². The second-order valence-electron chi connectivity index (χ2n) is 14.8. The zero-order chi connectivity index (χ0) is 35.1. The number of hydrogen-bond acceptors (Lipinski definition) is 2. The number of nitrogens with zero attached hydrogens (tertiary/aromatic N) is 3. The molecule has 0 radical (unpaired) electrons. The minimum atomic E-state index is -0.453. The van der Waals surface area contributed by atoms with Gasteiger partial charge in [0.15, 0.2) is 5.82 Å². The molecule has 248 valence electrons. The SMILES string of the molecule is c1ccc(-c2nc3ccccc3nc2-n2c3cccc4c5ccc6c(c5c5cccc2c5c43)C2(c3ccccc3-c3ccccc32)c2ccccc2-6)cc1. The Bertz CT molecular complexity index is 3330. The number of rotatable bonds is 2. The summed E-state index contributed by atoms with van der Waals surface area (Å²) in [6, 6.07) is 64.4. The van der Waals surface area contributed by atoms with Gasteiger partial charge in [0.05, 0.1) is 27.5 Å². The van der Waals surface area contributed by atoms with E-state index in [1.807, 2.05) is 12.1 Å². The highest BCUT2D eigenvalue weighted by Crippen LogP contribution is 2.65. The van der Waals surface area contributed by atoms with Crippen LogP contribution in [0.15, 0.2) is 176 Å². The molecule has 3 nitrogen and oxygen atoms in total. The van der Waals surface area contributed by atoms with Gasteiger partial charge in [-0.2, -0.15) is 0 Å². The maximum Gasteiger partial charge on any atom is 0.165 e. The fraction of sp³-hybridized carbons (Fsp3) is 0.0196. The Balaban J connectivity index is 1.23. The standard InChI is InChI=1S/C51H29N3/c1-2-14-30(15-3-1)49-50(53-42-25-11-10-24-41(42)52-49)54-43-26-12-19-34-35-28-29-36-33-18-6-9-23-40(33)51(38-21-7-4-16-31(38)32-17-5-8-22-39(32)51)48(36)45(35)37-20-13-27-44(54)47(37)46(34)43/h1-29H. The summed E-state index contributed by atoms with van der Waals surface area (Å²) in [5, 5.41) is 7.66. The van der Waals surface area contributed by atoms with Crippen molar-refractivity contribution < 1.29 is 0 Å². The molecule has 0 saturated heterocycles. The van der Waals surface area contributed by atoms with Crippen molar-refractivity contribution in [3.05, 3.63) is 198 Å². The second kappa shape index (κ2) is 10.1. The van der Waals surface area contributed by atoms with Crippen molar-refractivity contribution in [3.63, 3.8) is 0 Å². The van der Waals surface area contributed by atoms with Gasteiger partial charge in [0.1, 0.15) is 5.69 Å². The van der Waals surface area contributed by atoms with Crippen LogP contribution in [-0.2, 0) is 5.41 Å². The van der Waals surface area contributed by atoms with Crippen molar-refractivity contribution in [2.24, 2.45) is 0 Å². The van der Waals surface area contributed by atoms with E-state index in [2.05, 4.69) is 168 Å². The lowest BCUT2D eigenvalue weighted by Crippen LogP contribution is -2.26. The summed E-state index contributed by atoms with van der Waals surface area (Å²) in [6.07, 6.45) is 0. The number of aromatic nitrogens is 3. The van der Waals surface area contributed by atoms with E-state index in [1.54, 1.807) is 0 Å². The van der Waals surface area contributed by atoms with Crippen LogP contribution in [0, 0.1) is 0 Å². The van der Waals surface area contributed by atoms with Crippen LogP contribution in [0.4, 0.5) is 0 Å². The smallest absolute Gasteiger partial charge is 0.165 e. The molecule has 0 unspecified atom stereocenters. The lowest BCUT2D eigenvalue weighted by atomic mass is 9.69. The summed E-state index contributed by atoms with van der Waals surface area (Å²) in [5.74, 6) is 0.841. The molecule has 2 aromatic heterocycles. The van der Waals surface area contributed by atoms with Gasteiger partial charge >= 0.3 is 0 Å². The minimum Gasteiger partial charge on any atom is -0.292 e. The van der Waals surface area contributed by atoms with Gasteiger partial charge in [-0.05, 0) is 90.3 Å². The predicted octanol–water partition coefficient (Wildman–Crippen LogP) is 12.5. The quantitative estimate of drug-likeness (QED) is 0.170. The largest absolute Gasteiger partial charge is 0.292 e. The van der Waals surface area contributed by atoms with Gasteiger partial charge in [0, 0.05) is 16.3 Å². The zero-order valence-corrected chi connectivity index (χ0v) is 29.1. The van der Waals surface area contributed by atoms with Crippen LogP contribution >= 0.6 is 0 Å². The molecule has 0 fully saturated rings. The Morgan fingerprint density at radius 2 is 0.889 bits per heavy atom. The molecule has 0 amide bonds. The van der Waals surface area contributed by atoms with E-state index in [9.17, 15) is 0 Å². The van der Waals surface area contributed by atoms with E-state index in [1.165, 1.54) is 76.8 Å². The molecule has 0 saturated carbocycles. The molecule has 0 aliphatic heterocycles. The van der Waals surface area contributed by atoms with Gasteiger partial charge in [-0.3, -0.25) is 4.57 Å².